The van der Waals surface area contributed by atoms with E-state index in [1.165, 1.54) is 30.6 Å². The number of anilines is 2. The van der Waals surface area contributed by atoms with Gasteiger partial charge in [-0.1, -0.05) is 0 Å². The lowest BCUT2D eigenvalue weighted by Crippen LogP contribution is -2.10. The molecule has 0 radical (unpaired) electrons. The minimum absolute atomic E-state index is 0.0470. The molecule has 1 amide bonds. The Balaban J connectivity index is 2.13. The molecule has 1 aromatic carbocycles. The fourth-order valence-corrected chi connectivity index (χ4v) is 2.09. The molecule has 18 heavy (non-hydrogen) atoms. The van der Waals surface area contributed by atoms with Gasteiger partial charge in [-0.15, -0.1) is 11.3 Å². The van der Waals surface area contributed by atoms with Gasteiger partial charge in [0.1, 0.15) is 11.6 Å². The molecule has 4 nitrogen and oxygen atoms in total. The number of carbonyl (C=O) groups excluding carboxylic acids is 1. The van der Waals surface area contributed by atoms with Crippen LogP contribution in [-0.4, -0.2) is 13.0 Å². The van der Waals surface area contributed by atoms with Crippen LogP contribution in [-0.2, 0) is 0 Å². The number of nitrogens with one attached hydrogen (secondary N) is 1. The molecule has 6 heteroatoms. The molecular formula is C12H11FN2O2S. The van der Waals surface area contributed by atoms with E-state index in [-0.39, 0.29) is 11.6 Å². The van der Waals surface area contributed by atoms with Crippen LogP contribution in [0.2, 0.25) is 0 Å². The number of halogens is 1. The molecular weight excluding hydrogens is 255 g/mol. The summed E-state index contributed by atoms with van der Waals surface area (Å²) >= 11 is 1.25. The zero-order valence-corrected chi connectivity index (χ0v) is 10.4. The van der Waals surface area contributed by atoms with Gasteiger partial charge in [0.15, 0.2) is 0 Å². The van der Waals surface area contributed by atoms with Gasteiger partial charge in [-0.2, -0.15) is 0 Å². The van der Waals surface area contributed by atoms with E-state index in [4.69, 9.17) is 10.5 Å². The first kappa shape index (κ1) is 12.4. The molecule has 2 aromatic rings. The fourth-order valence-electron chi connectivity index (χ4n) is 1.34. The van der Waals surface area contributed by atoms with Gasteiger partial charge in [0, 0.05) is 17.1 Å². The van der Waals surface area contributed by atoms with Gasteiger partial charge in [-0.05, 0) is 18.2 Å². The molecule has 0 bridgehead atoms. The van der Waals surface area contributed by atoms with Crippen LogP contribution in [0, 0.1) is 5.82 Å². The summed E-state index contributed by atoms with van der Waals surface area (Å²) < 4.78 is 18.2. The molecule has 1 aromatic heterocycles. The summed E-state index contributed by atoms with van der Waals surface area (Å²) in [6, 6.07) is 5.74. The highest BCUT2D eigenvalue weighted by molar-refractivity contribution is 7.12. The number of nitrogens with two attached hydrogens (primary N) is 1. The molecule has 3 N–H and O–H groups in total. The van der Waals surface area contributed by atoms with Crippen LogP contribution in [0.5, 0.6) is 5.75 Å². The van der Waals surface area contributed by atoms with Crippen molar-refractivity contribution < 1.29 is 13.9 Å². The molecule has 0 unspecified atom stereocenters. The van der Waals surface area contributed by atoms with Crippen molar-refractivity contribution in [2.24, 2.45) is 0 Å². The number of ether oxygens (including phenoxy) is 1. The predicted octanol–water partition coefficient (Wildman–Crippen LogP) is 2.73. The normalized spacial score (nSPS) is 10.1. The molecule has 2 rings (SSSR count). The van der Waals surface area contributed by atoms with Crippen molar-refractivity contribution in [3.63, 3.8) is 0 Å². The first-order valence-electron chi connectivity index (χ1n) is 5.09. The molecule has 0 saturated carbocycles. The molecule has 94 valence electrons. The van der Waals surface area contributed by atoms with E-state index in [9.17, 15) is 9.18 Å². The molecule has 0 fully saturated rings. The highest BCUT2D eigenvalue weighted by atomic mass is 32.1. The molecule has 0 aliphatic heterocycles. The van der Waals surface area contributed by atoms with Crippen molar-refractivity contribution in [2.75, 3.05) is 18.2 Å². The van der Waals surface area contributed by atoms with Crippen LogP contribution in [0.4, 0.5) is 15.8 Å². The van der Waals surface area contributed by atoms with Gasteiger partial charge in [0.2, 0.25) is 0 Å². The zero-order valence-electron chi connectivity index (χ0n) is 9.57. The van der Waals surface area contributed by atoms with Crippen LogP contribution in [0.3, 0.4) is 0 Å². The predicted molar refractivity (Wildman–Crippen MR) is 69.6 cm³/mol. The van der Waals surface area contributed by atoms with Gasteiger partial charge >= 0.3 is 0 Å². The van der Waals surface area contributed by atoms with Crippen molar-refractivity contribution in [3.05, 3.63) is 40.3 Å². The zero-order chi connectivity index (χ0) is 13.1. The standard InChI is InChI=1S/C12H11FN2O2S/c1-17-8-5-11(18-6-8)12(16)15-7-2-3-10(14)9(13)4-7/h2-6H,14H2,1H3,(H,15,16). The molecule has 0 saturated heterocycles. The van der Waals surface area contributed by atoms with Crippen LogP contribution in [0.25, 0.3) is 0 Å². The Bertz CT molecular complexity index is 583. The number of amides is 1. The maximum atomic E-state index is 13.2. The van der Waals surface area contributed by atoms with E-state index in [0.717, 1.165) is 0 Å². The third-order valence-electron chi connectivity index (χ3n) is 2.29. The molecule has 0 aliphatic carbocycles. The van der Waals surface area contributed by atoms with Gasteiger partial charge in [-0.25, -0.2) is 4.39 Å². The van der Waals surface area contributed by atoms with Crippen molar-refractivity contribution in [3.8, 4) is 5.75 Å². The number of benzene rings is 1. The summed E-state index contributed by atoms with van der Waals surface area (Å²) in [6.45, 7) is 0. The number of nitrogen functional groups attached to an aromatic ring is 1. The Morgan fingerprint density at radius 3 is 2.83 bits per heavy atom. The van der Waals surface area contributed by atoms with Crippen LogP contribution >= 0.6 is 11.3 Å². The van der Waals surface area contributed by atoms with Crippen molar-refractivity contribution in [1.82, 2.24) is 0 Å². The summed E-state index contributed by atoms with van der Waals surface area (Å²) in [7, 11) is 1.53. The Morgan fingerprint density at radius 2 is 2.22 bits per heavy atom. The van der Waals surface area contributed by atoms with Crippen molar-refractivity contribution in [1.29, 1.82) is 0 Å². The fraction of sp³-hybridized carbons (Fsp3) is 0.0833. The number of rotatable bonds is 3. The third-order valence-corrected chi connectivity index (χ3v) is 3.20. The van der Waals surface area contributed by atoms with Crippen LogP contribution < -0.4 is 15.8 Å². The summed E-state index contributed by atoms with van der Waals surface area (Å²) in [5.74, 6) is -0.252. The number of hydrogen-bond acceptors (Lipinski definition) is 4. The highest BCUT2D eigenvalue weighted by Gasteiger charge is 2.10. The van der Waals surface area contributed by atoms with E-state index >= 15 is 0 Å². The van der Waals surface area contributed by atoms with E-state index in [1.54, 1.807) is 17.5 Å². The second-order valence-corrected chi connectivity index (χ2v) is 4.45. The Morgan fingerprint density at radius 1 is 1.44 bits per heavy atom. The van der Waals surface area contributed by atoms with Gasteiger partial charge in [0.25, 0.3) is 5.91 Å². The van der Waals surface area contributed by atoms with Crippen LogP contribution in [0.15, 0.2) is 29.6 Å². The Labute approximate surface area is 107 Å². The van der Waals surface area contributed by atoms with E-state index in [2.05, 4.69) is 5.32 Å². The quantitative estimate of drug-likeness (QED) is 0.839. The summed E-state index contributed by atoms with van der Waals surface area (Å²) in [6.07, 6.45) is 0. The smallest absolute Gasteiger partial charge is 0.265 e. The second-order valence-electron chi connectivity index (χ2n) is 3.54. The summed E-state index contributed by atoms with van der Waals surface area (Å²) in [5.41, 5.74) is 5.76. The lowest BCUT2D eigenvalue weighted by Gasteiger charge is -2.04. The van der Waals surface area contributed by atoms with Gasteiger partial charge in [-0.3, -0.25) is 4.79 Å². The first-order chi connectivity index (χ1) is 8.60. The van der Waals surface area contributed by atoms with E-state index in [1.807, 2.05) is 0 Å². The summed E-state index contributed by atoms with van der Waals surface area (Å²) in [5, 5.41) is 4.30. The van der Waals surface area contributed by atoms with E-state index in [0.29, 0.717) is 16.3 Å². The van der Waals surface area contributed by atoms with Gasteiger partial charge in [0.05, 0.1) is 17.7 Å². The first-order valence-corrected chi connectivity index (χ1v) is 5.97. The van der Waals surface area contributed by atoms with Crippen molar-refractivity contribution in [2.45, 2.75) is 0 Å². The minimum Gasteiger partial charge on any atom is -0.496 e. The lowest BCUT2D eigenvalue weighted by molar-refractivity contribution is 0.103. The Hall–Kier alpha value is -2.08. The molecule has 0 atom stereocenters. The number of thiophene rings is 1. The van der Waals surface area contributed by atoms with Crippen molar-refractivity contribution >= 4 is 28.6 Å². The van der Waals surface area contributed by atoms with E-state index < -0.39 is 5.82 Å². The minimum atomic E-state index is -0.559. The average molecular weight is 266 g/mol. The number of methoxy groups -OCH3 is 1. The monoisotopic (exact) mass is 266 g/mol. The molecule has 0 spiro atoms. The highest BCUT2D eigenvalue weighted by Crippen LogP contribution is 2.23. The number of carbonyl (C=O) groups is 1. The SMILES string of the molecule is COc1csc(C(=O)Nc2ccc(N)c(F)c2)c1. The molecule has 0 aliphatic rings. The average Bonchev–Trinajstić information content (AvgIpc) is 2.82. The topological polar surface area (TPSA) is 64.3 Å². The Kier molecular flexibility index (Phi) is 3.47. The maximum Gasteiger partial charge on any atom is 0.265 e. The number of hydrogen-bond donors (Lipinski definition) is 2. The second kappa shape index (κ2) is 5.05. The third kappa shape index (κ3) is 2.60. The molecule has 1 heterocycles. The largest absolute Gasteiger partial charge is 0.496 e. The maximum absolute atomic E-state index is 13.2. The lowest BCUT2D eigenvalue weighted by atomic mass is 10.2. The summed E-state index contributed by atoms with van der Waals surface area (Å²) in [4.78, 5) is 12.3. The van der Waals surface area contributed by atoms with Gasteiger partial charge < -0.3 is 15.8 Å². The van der Waals surface area contributed by atoms with Crippen LogP contribution in [0.1, 0.15) is 9.67 Å².